The van der Waals surface area contributed by atoms with Crippen LogP contribution in [0.2, 0.25) is 0 Å². The maximum absolute atomic E-state index is 12.0. The van der Waals surface area contributed by atoms with Crippen molar-refractivity contribution in [2.24, 2.45) is 0 Å². The molecule has 0 spiro atoms. The molecule has 3 rings (SSSR count). The van der Waals surface area contributed by atoms with Crippen LogP contribution in [0.1, 0.15) is 24.3 Å². The molecule has 0 unspecified atom stereocenters. The number of fused-ring (bicyclic) bond motifs is 1. The van der Waals surface area contributed by atoms with Crippen molar-refractivity contribution in [1.29, 1.82) is 0 Å². The predicted octanol–water partition coefficient (Wildman–Crippen LogP) is 2.13. The standard InChI is InChI=1S/C16H18N4O3/c1-10(2)18-15(21)12-5-6-17-16(20-12)19-11-3-4-13-14(9-11)23-8-7-22-13/h3-6,9-10H,7-8H2,1-2H3,(H,18,21)(H,17,19,20). The summed E-state index contributed by atoms with van der Waals surface area (Å²) >= 11 is 0. The van der Waals surface area contributed by atoms with Crippen molar-refractivity contribution in [3.05, 3.63) is 36.2 Å². The van der Waals surface area contributed by atoms with Gasteiger partial charge in [0.05, 0.1) is 0 Å². The first-order valence-corrected chi connectivity index (χ1v) is 7.42. The number of nitrogens with one attached hydrogen (secondary N) is 2. The summed E-state index contributed by atoms with van der Waals surface area (Å²) in [4.78, 5) is 20.3. The van der Waals surface area contributed by atoms with E-state index in [0.29, 0.717) is 36.4 Å². The highest BCUT2D eigenvalue weighted by Gasteiger charge is 2.13. The van der Waals surface area contributed by atoms with Gasteiger partial charge in [0.1, 0.15) is 18.9 Å². The lowest BCUT2D eigenvalue weighted by molar-refractivity contribution is 0.0938. The molecule has 1 amide bonds. The van der Waals surface area contributed by atoms with Gasteiger partial charge in [-0.05, 0) is 32.0 Å². The van der Waals surface area contributed by atoms with E-state index in [1.54, 1.807) is 12.3 Å². The fourth-order valence-corrected chi connectivity index (χ4v) is 2.13. The van der Waals surface area contributed by atoms with Gasteiger partial charge in [0.25, 0.3) is 5.91 Å². The molecule has 0 fully saturated rings. The van der Waals surface area contributed by atoms with Crippen LogP contribution in [-0.2, 0) is 0 Å². The molecule has 0 aliphatic carbocycles. The quantitative estimate of drug-likeness (QED) is 0.899. The van der Waals surface area contributed by atoms with Crippen LogP contribution in [-0.4, -0.2) is 35.1 Å². The van der Waals surface area contributed by atoms with Gasteiger partial charge in [0.2, 0.25) is 5.95 Å². The Hall–Kier alpha value is -2.83. The van der Waals surface area contributed by atoms with Crippen LogP contribution >= 0.6 is 0 Å². The number of anilines is 2. The molecule has 0 saturated carbocycles. The normalized spacial score (nSPS) is 12.8. The Kier molecular flexibility index (Phi) is 4.27. The highest BCUT2D eigenvalue weighted by Crippen LogP contribution is 2.33. The number of amides is 1. The third-order valence-electron chi connectivity index (χ3n) is 3.11. The molecule has 1 aliphatic rings. The van der Waals surface area contributed by atoms with Gasteiger partial charge in [-0.2, -0.15) is 0 Å². The second-order valence-electron chi connectivity index (χ2n) is 5.38. The molecule has 0 saturated heterocycles. The molecule has 7 nitrogen and oxygen atoms in total. The van der Waals surface area contributed by atoms with Crippen LogP contribution in [0.3, 0.4) is 0 Å². The van der Waals surface area contributed by atoms with E-state index in [2.05, 4.69) is 20.6 Å². The zero-order valence-corrected chi connectivity index (χ0v) is 13.0. The summed E-state index contributed by atoms with van der Waals surface area (Å²) in [6.45, 7) is 4.87. The molecule has 1 aromatic heterocycles. The topological polar surface area (TPSA) is 85.4 Å². The number of carbonyl (C=O) groups is 1. The lowest BCUT2D eigenvalue weighted by Gasteiger charge is -2.19. The van der Waals surface area contributed by atoms with E-state index in [-0.39, 0.29) is 11.9 Å². The molecule has 2 aromatic rings. The molecule has 2 N–H and O–H groups in total. The molecule has 0 bridgehead atoms. The summed E-state index contributed by atoms with van der Waals surface area (Å²) in [5.41, 5.74) is 1.07. The average molecular weight is 314 g/mol. The van der Waals surface area contributed by atoms with E-state index in [9.17, 15) is 4.79 Å². The van der Waals surface area contributed by atoms with Gasteiger partial charge in [-0.3, -0.25) is 4.79 Å². The third-order valence-corrected chi connectivity index (χ3v) is 3.11. The number of aromatic nitrogens is 2. The van der Waals surface area contributed by atoms with Gasteiger partial charge in [-0.1, -0.05) is 0 Å². The number of hydrogen-bond donors (Lipinski definition) is 2. The smallest absolute Gasteiger partial charge is 0.270 e. The fourth-order valence-electron chi connectivity index (χ4n) is 2.13. The molecule has 1 aliphatic heterocycles. The van der Waals surface area contributed by atoms with E-state index >= 15 is 0 Å². The molecule has 120 valence electrons. The lowest BCUT2D eigenvalue weighted by atomic mass is 10.2. The fraction of sp³-hybridized carbons (Fsp3) is 0.312. The summed E-state index contributed by atoms with van der Waals surface area (Å²) in [5.74, 6) is 1.51. The van der Waals surface area contributed by atoms with Gasteiger partial charge in [-0.25, -0.2) is 9.97 Å². The molecule has 7 heteroatoms. The van der Waals surface area contributed by atoms with Crippen molar-refractivity contribution in [3.63, 3.8) is 0 Å². The summed E-state index contributed by atoms with van der Waals surface area (Å²) < 4.78 is 11.0. The Morgan fingerprint density at radius 3 is 2.74 bits per heavy atom. The Labute approximate surface area is 134 Å². The van der Waals surface area contributed by atoms with Crippen LogP contribution in [0.5, 0.6) is 11.5 Å². The van der Waals surface area contributed by atoms with Crippen LogP contribution in [0.4, 0.5) is 11.6 Å². The molecule has 0 radical (unpaired) electrons. The van der Waals surface area contributed by atoms with E-state index in [0.717, 1.165) is 5.69 Å². The van der Waals surface area contributed by atoms with Gasteiger partial charge >= 0.3 is 0 Å². The number of benzene rings is 1. The highest BCUT2D eigenvalue weighted by molar-refractivity contribution is 5.92. The molecule has 0 atom stereocenters. The Morgan fingerprint density at radius 1 is 1.17 bits per heavy atom. The minimum atomic E-state index is -0.229. The average Bonchev–Trinajstić information content (AvgIpc) is 2.54. The minimum Gasteiger partial charge on any atom is -0.486 e. The van der Waals surface area contributed by atoms with Crippen molar-refractivity contribution in [1.82, 2.24) is 15.3 Å². The maximum Gasteiger partial charge on any atom is 0.270 e. The molecule has 23 heavy (non-hydrogen) atoms. The first-order valence-electron chi connectivity index (χ1n) is 7.42. The second-order valence-corrected chi connectivity index (χ2v) is 5.38. The number of ether oxygens (including phenoxy) is 2. The van der Waals surface area contributed by atoms with Gasteiger partial charge in [0.15, 0.2) is 11.5 Å². The van der Waals surface area contributed by atoms with Crippen LogP contribution in [0.25, 0.3) is 0 Å². The number of nitrogens with zero attached hydrogens (tertiary/aromatic N) is 2. The van der Waals surface area contributed by atoms with Crippen molar-refractivity contribution in [2.75, 3.05) is 18.5 Å². The Balaban J connectivity index is 1.76. The number of hydrogen-bond acceptors (Lipinski definition) is 6. The van der Waals surface area contributed by atoms with Crippen LogP contribution in [0.15, 0.2) is 30.5 Å². The number of carbonyl (C=O) groups excluding carboxylic acids is 1. The van der Waals surface area contributed by atoms with Gasteiger partial charge in [0, 0.05) is 24.0 Å². The van der Waals surface area contributed by atoms with E-state index in [1.807, 2.05) is 32.0 Å². The summed E-state index contributed by atoms with van der Waals surface area (Å²) in [7, 11) is 0. The van der Waals surface area contributed by atoms with Crippen molar-refractivity contribution in [2.45, 2.75) is 19.9 Å². The molecular weight excluding hydrogens is 296 g/mol. The van der Waals surface area contributed by atoms with Crippen LogP contribution in [0, 0.1) is 0 Å². The van der Waals surface area contributed by atoms with Crippen LogP contribution < -0.4 is 20.1 Å². The number of rotatable bonds is 4. The minimum absolute atomic E-state index is 0.0478. The van der Waals surface area contributed by atoms with Crippen molar-refractivity contribution in [3.8, 4) is 11.5 Å². The van der Waals surface area contributed by atoms with Crippen molar-refractivity contribution >= 4 is 17.5 Å². The third kappa shape index (κ3) is 3.68. The van der Waals surface area contributed by atoms with Crippen molar-refractivity contribution < 1.29 is 14.3 Å². The molecular formula is C16H18N4O3. The Bertz CT molecular complexity index is 718. The zero-order chi connectivity index (χ0) is 16.2. The van der Waals surface area contributed by atoms with E-state index < -0.39 is 0 Å². The van der Waals surface area contributed by atoms with Gasteiger partial charge in [-0.15, -0.1) is 0 Å². The molecule has 1 aromatic carbocycles. The summed E-state index contributed by atoms with van der Waals surface area (Å²) in [6.07, 6.45) is 1.54. The molecule has 2 heterocycles. The summed E-state index contributed by atoms with van der Waals surface area (Å²) in [6, 6.07) is 7.11. The first-order chi connectivity index (χ1) is 11.1. The zero-order valence-electron chi connectivity index (χ0n) is 13.0. The monoisotopic (exact) mass is 314 g/mol. The lowest BCUT2D eigenvalue weighted by Crippen LogP contribution is -2.30. The van der Waals surface area contributed by atoms with E-state index in [4.69, 9.17) is 9.47 Å². The first kappa shape index (κ1) is 15.1. The predicted molar refractivity (Wildman–Crippen MR) is 85.3 cm³/mol. The largest absolute Gasteiger partial charge is 0.486 e. The second kappa shape index (κ2) is 6.51. The SMILES string of the molecule is CC(C)NC(=O)c1ccnc(Nc2ccc3c(c2)OCCO3)n1. The maximum atomic E-state index is 12.0. The van der Waals surface area contributed by atoms with E-state index in [1.165, 1.54) is 0 Å². The Morgan fingerprint density at radius 2 is 1.96 bits per heavy atom. The highest BCUT2D eigenvalue weighted by atomic mass is 16.6. The van der Waals surface area contributed by atoms with Gasteiger partial charge < -0.3 is 20.1 Å². The summed E-state index contributed by atoms with van der Waals surface area (Å²) in [5, 5.41) is 5.86.